The topological polar surface area (TPSA) is 87.7 Å². The largest absolute Gasteiger partial charge is 0.465 e. The Kier molecular flexibility index (Phi) is 7.24. The molecule has 1 aromatic heterocycles. The molecule has 1 fully saturated rings. The lowest BCUT2D eigenvalue weighted by atomic mass is 10.1. The van der Waals surface area contributed by atoms with Gasteiger partial charge in [-0.2, -0.15) is 11.3 Å². The van der Waals surface area contributed by atoms with E-state index < -0.39 is 5.97 Å². The van der Waals surface area contributed by atoms with Gasteiger partial charge in [0.05, 0.1) is 24.0 Å². The Hall–Kier alpha value is -2.87. The minimum absolute atomic E-state index is 0.131. The summed E-state index contributed by atoms with van der Waals surface area (Å²) in [6.45, 7) is 2.27. The van der Waals surface area contributed by atoms with Gasteiger partial charge in [-0.05, 0) is 48.9 Å². The van der Waals surface area contributed by atoms with Gasteiger partial charge in [-0.25, -0.2) is 4.79 Å². The number of amides is 2. The average molecular weight is 416 g/mol. The number of carbonyl (C=O) groups is 3. The Morgan fingerprint density at radius 2 is 1.93 bits per heavy atom. The van der Waals surface area contributed by atoms with Crippen LogP contribution in [0.25, 0.3) is 0 Å². The molecule has 0 radical (unpaired) electrons. The van der Waals surface area contributed by atoms with E-state index in [0.29, 0.717) is 29.8 Å². The van der Waals surface area contributed by atoms with Crippen molar-refractivity contribution in [2.75, 3.05) is 37.0 Å². The summed E-state index contributed by atoms with van der Waals surface area (Å²) < 4.78 is 4.79. The van der Waals surface area contributed by atoms with Crippen LogP contribution >= 0.6 is 11.3 Å². The first-order chi connectivity index (χ1) is 14.1. The summed E-state index contributed by atoms with van der Waals surface area (Å²) in [7, 11) is 1.33. The van der Waals surface area contributed by atoms with Crippen LogP contribution in [0.1, 0.15) is 46.4 Å². The van der Waals surface area contributed by atoms with E-state index in [1.165, 1.54) is 18.4 Å². The molecule has 0 spiro atoms. The molecule has 2 aromatic rings. The zero-order chi connectivity index (χ0) is 20.6. The third-order valence-electron chi connectivity index (χ3n) is 4.79. The fraction of sp³-hybridized carbons (Fsp3) is 0.381. The molecule has 2 N–H and O–H groups in total. The molecular weight excluding hydrogens is 390 g/mol. The van der Waals surface area contributed by atoms with Gasteiger partial charge < -0.3 is 20.3 Å². The number of benzene rings is 1. The molecular formula is C21H25N3O4S. The number of hydrogen-bond donors (Lipinski definition) is 2. The van der Waals surface area contributed by atoms with Crippen LogP contribution in [0.2, 0.25) is 0 Å². The highest BCUT2D eigenvalue weighted by molar-refractivity contribution is 7.08. The quantitative estimate of drug-likeness (QED) is 0.510. The van der Waals surface area contributed by atoms with Gasteiger partial charge in [0.2, 0.25) is 5.91 Å². The Morgan fingerprint density at radius 3 is 2.62 bits per heavy atom. The van der Waals surface area contributed by atoms with E-state index in [-0.39, 0.29) is 18.2 Å². The number of nitrogens with one attached hydrogen (secondary N) is 2. The smallest absolute Gasteiger partial charge is 0.337 e. The van der Waals surface area contributed by atoms with Crippen LogP contribution in [0.15, 0.2) is 35.0 Å². The molecule has 1 saturated heterocycles. The van der Waals surface area contributed by atoms with Gasteiger partial charge in [0.1, 0.15) is 0 Å². The van der Waals surface area contributed by atoms with Crippen molar-refractivity contribution in [2.24, 2.45) is 0 Å². The Bertz CT molecular complexity index is 861. The molecule has 1 aliphatic heterocycles. The fourth-order valence-electron chi connectivity index (χ4n) is 3.27. The summed E-state index contributed by atoms with van der Waals surface area (Å²) in [5.74, 6) is -0.726. The number of esters is 1. The van der Waals surface area contributed by atoms with Crippen molar-refractivity contribution in [3.8, 4) is 0 Å². The van der Waals surface area contributed by atoms with Crippen LogP contribution in [0.5, 0.6) is 0 Å². The Labute approximate surface area is 174 Å². The molecule has 29 heavy (non-hydrogen) atoms. The highest BCUT2D eigenvalue weighted by atomic mass is 32.1. The van der Waals surface area contributed by atoms with Crippen LogP contribution < -0.4 is 15.5 Å². The minimum atomic E-state index is -0.440. The molecule has 0 bridgehead atoms. The minimum Gasteiger partial charge on any atom is -0.465 e. The molecule has 1 aliphatic rings. The molecule has 0 atom stereocenters. The van der Waals surface area contributed by atoms with E-state index >= 15 is 0 Å². The number of methoxy groups -OCH3 is 1. The molecule has 3 rings (SSSR count). The van der Waals surface area contributed by atoms with Crippen molar-refractivity contribution in [3.05, 3.63) is 46.2 Å². The monoisotopic (exact) mass is 415 g/mol. The third kappa shape index (κ3) is 5.57. The normalized spacial score (nSPS) is 13.2. The van der Waals surface area contributed by atoms with Crippen LogP contribution in [0.3, 0.4) is 0 Å². The molecule has 0 aliphatic carbocycles. The maximum atomic E-state index is 12.4. The van der Waals surface area contributed by atoms with Crippen LogP contribution in [0.4, 0.5) is 11.4 Å². The van der Waals surface area contributed by atoms with E-state index in [0.717, 1.165) is 31.6 Å². The lowest BCUT2D eigenvalue weighted by molar-refractivity contribution is -0.116. The highest BCUT2D eigenvalue weighted by Crippen LogP contribution is 2.30. The van der Waals surface area contributed by atoms with Gasteiger partial charge in [0.15, 0.2) is 0 Å². The van der Waals surface area contributed by atoms with E-state index in [9.17, 15) is 14.4 Å². The standard InChI is InChI=1S/C21H25N3O4S/c1-28-21(27)15-6-7-18(24-10-2-3-11-24)17(13-15)23-19(25)5-4-9-22-20(26)16-8-12-29-14-16/h6-8,12-14H,2-5,9-11H2,1H3,(H,22,26)(H,23,25). The van der Waals surface area contributed by atoms with Crippen molar-refractivity contribution >= 4 is 40.5 Å². The number of thiophene rings is 1. The second kappa shape index (κ2) is 10.1. The van der Waals surface area contributed by atoms with Crippen molar-refractivity contribution in [1.82, 2.24) is 5.32 Å². The highest BCUT2D eigenvalue weighted by Gasteiger charge is 2.19. The van der Waals surface area contributed by atoms with Crippen LogP contribution in [0, 0.1) is 0 Å². The van der Waals surface area contributed by atoms with Gasteiger partial charge >= 0.3 is 5.97 Å². The second-order valence-electron chi connectivity index (χ2n) is 6.84. The van der Waals surface area contributed by atoms with E-state index in [2.05, 4.69) is 15.5 Å². The molecule has 7 nitrogen and oxygen atoms in total. The van der Waals surface area contributed by atoms with Crippen LogP contribution in [-0.4, -0.2) is 44.5 Å². The zero-order valence-corrected chi connectivity index (χ0v) is 17.2. The summed E-state index contributed by atoms with van der Waals surface area (Å²) in [6.07, 6.45) is 3.01. The Balaban J connectivity index is 1.57. The van der Waals surface area contributed by atoms with Gasteiger partial charge in [-0.15, -0.1) is 0 Å². The molecule has 0 unspecified atom stereocenters. The summed E-state index contributed by atoms with van der Waals surface area (Å²) in [4.78, 5) is 38.4. The summed E-state index contributed by atoms with van der Waals surface area (Å²) in [6, 6.07) is 7.00. The van der Waals surface area contributed by atoms with Crippen molar-refractivity contribution in [2.45, 2.75) is 25.7 Å². The fourth-order valence-corrected chi connectivity index (χ4v) is 3.91. The molecule has 2 amide bonds. The molecule has 8 heteroatoms. The van der Waals surface area contributed by atoms with Gasteiger partial charge in [-0.3, -0.25) is 9.59 Å². The number of ether oxygens (including phenoxy) is 1. The molecule has 0 saturated carbocycles. The summed E-state index contributed by atoms with van der Waals surface area (Å²) in [5.41, 5.74) is 2.56. The maximum Gasteiger partial charge on any atom is 0.337 e. The zero-order valence-electron chi connectivity index (χ0n) is 16.4. The number of carbonyl (C=O) groups excluding carboxylic acids is 3. The predicted octanol–water partition coefficient (Wildman–Crippen LogP) is 3.28. The van der Waals surface area contributed by atoms with Crippen molar-refractivity contribution in [1.29, 1.82) is 0 Å². The van der Waals surface area contributed by atoms with E-state index in [4.69, 9.17) is 4.74 Å². The third-order valence-corrected chi connectivity index (χ3v) is 5.47. The number of nitrogens with zero attached hydrogens (tertiary/aromatic N) is 1. The number of hydrogen-bond acceptors (Lipinski definition) is 6. The van der Waals surface area contributed by atoms with Gasteiger partial charge in [0, 0.05) is 37.0 Å². The lowest BCUT2D eigenvalue weighted by Gasteiger charge is -2.22. The van der Waals surface area contributed by atoms with Gasteiger partial charge in [-0.1, -0.05) is 0 Å². The first kappa shape index (κ1) is 20.9. The number of anilines is 2. The summed E-state index contributed by atoms with van der Waals surface area (Å²) in [5, 5.41) is 9.37. The van der Waals surface area contributed by atoms with E-state index in [1.54, 1.807) is 23.6 Å². The lowest BCUT2D eigenvalue weighted by Crippen LogP contribution is -2.25. The SMILES string of the molecule is COC(=O)c1ccc(N2CCCC2)c(NC(=O)CCCNC(=O)c2ccsc2)c1. The summed E-state index contributed by atoms with van der Waals surface area (Å²) >= 11 is 1.47. The van der Waals surface area contributed by atoms with Crippen LogP contribution in [-0.2, 0) is 9.53 Å². The molecule has 1 aromatic carbocycles. The molecule has 2 heterocycles. The van der Waals surface area contributed by atoms with Crippen molar-refractivity contribution < 1.29 is 19.1 Å². The first-order valence-electron chi connectivity index (χ1n) is 9.66. The van der Waals surface area contributed by atoms with Crippen molar-refractivity contribution in [3.63, 3.8) is 0 Å². The number of rotatable bonds is 8. The first-order valence-corrected chi connectivity index (χ1v) is 10.6. The maximum absolute atomic E-state index is 12.4. The average Bonchev–Trinajstić information content (AvgIpc) is 3.44. The molecule has 154 valence electrons. The predicted molar refractivity (Wildman–Crippen MR) is 114 cm³/mol. The van der Waals surface area contributed by atoms with E-state index in [1.807, 2.05) is 11.4 Å². The second-order valence-corrected chi connectivity index (χ2v) is 7.62. The Morgan fingerprint density at radius 1 is 1.14 bits per heavy atom. The van der Waals surface area contributed by atoms with Gasteiger partial charge in [0.25, 0.3) is 5.91 Å².